The van der Waals surface area contributed by atoms with Crippen LogP contribution in [0.2, 0.25) is 0 Å². The molecule has 0 unspecified atom stereocenters. The molecule has 0 aliphatic heterocycles. The van der Waals surface area contributed by atoms with Gasteiger partial charge in [0.05, 0.1) is 0 Å². The molecule has 0 aliphatic carbocycles. The van der Waals surface area contributed by atoms with Gasteiger partial charge in [-0.2, -0.15) is 0 Å². The molecule has 0 aromatic heterocycles. The minimum Gasteiger partial charge on any atom is -0.508 e. The predicted octanol–water partition coefficient (Wildman–Crippen LogP) is 2.24. The topological polar surface area (TPSA) is 32.3 Å². The summed E-state index contributed by atoms with van der Waals surface area (Å²) in [5, 5.41) is 12.5. The number of nitrogens with one attached hydrogen (secondary N) is 1. The van der Waals surface area contributed by atoms with Crippen LogP contribution in [0.5, 0.6) is 5.75 Å². The quantitative estimate of drug-likeness (QED) is 0.745. The summed E-state index contributed by atoms with van der Waals surface area (Å²) in [6, 6.07) is 7.32. The molecule has 1 aromatic carbocycles. The Labute approximate surface area is 79.6 Å². The second-order valence-electron chi connectivity index (χ2n) is 3.70. The number of aromatic hydroxyl groups is 1. The van der Waals surface area contributed by atoms with Gasteiger partial charge in [0.25, 0.3) is 0 Å². The van der Waals surface area contributed by atoms with E-state index in [0.29, 0.717) is 5.75 Å². The first-order valence-corrected chi connectivity index (χ1v) is 4.61. The van der Waals surface area contributed by atoms with Crippen LogP contribution in [0.1, 0.15) is 26.3 Å². The highest BCUT2D eigenvalue weighted by Gasteiger charge is 2.17. The van der Waals surface area contributed by atoms with Crippen LogP contribution in [0.4, 0.5) is 0 Å². The molecule has 0 saturated carbocycles. The van der Waals surface area contributed by atoms with E-state index in [0.717, 1.165) is 6.54 Å². The molecule has 2 nitrogen and oxygen atoms in total. The smallest absolute Gasteiger partial charge is 0.115 e. The van der Waals surface area contributed by atoms with Crippen LogP contribution in [0.25, 0.3) is 0 Å². The van der Waals surface area contributed by atoms with Gasteiger partial charge in [-0.05, 0) is 38.1 Å². The van der Waals surface area contributed by atoms with Gasteiger partial charge in [0.15, 0.2) is 0 Å². The van der Waals surface area contributed by atoms with Gasteiger partial charge in [-0.3, -0.25) is 0 Å². The molecule has 1 rings (SSSR count). The van der Waals surface area contributed by atoms with E-state index < -0.39 is 0 Å². The molecule has 0 spiro atoms. The maximum absolute atomic E-state index is 9.13. The third kappa shape index (κ3) is 2.46. The summed E-state index contributed by atoms with van der Waals surface area (Å²) in [6.07, 6.45) is 0. The van der Waals surface area contributed by atoms with Crippen molar-refractivity contribution in [1.82, 2.24) is 5.32 Å². The van der Waals surface area contributed by atoms with Gasteiger partial charge < -0.3 is 10.4 Å². The Morgan fingerprint density at radius 2 is 1.77 bits per heavy atom. The zero-order chi connectivity index (χ0) is 9.90. The van der Waals surface area contributed by atoms with Crippen LogP contribution in [0, 0.1) is 0 Å². The van der Waals surface area contributed by atoms with Crippen LogP contribution in [0.3, 0.4) is 0 Å². The third-order valence-electron chi connectivity index (χ3n) is 2.21. The summed E-state index contributed by atoms with van der Waals surface area (Å²) in [4.78, 5) is 0. The normalized spacial score (nSPS) is 11.6. The van der Waals surface area contributed by atoms with Gasteiger partial charge >= 0.3 is 0 Å². The molecule has 0 heterocycles. The van der Waals surface area contributed by atoms with Crippen molar-refractivity contribution in [2.24, 2.45) is 0 Å². The van der Waals surface area contributed by atoms with Crippen molar-refractivity contribution < 1.29 is 5.11 Å². The largest absolute Gasteiger partial charge is 0.508 e. The Kier molecular flexibility index (Phi) is 2.94. The predicted molar refractivity (Wildman–Crippen MR) is 54.8 cm³/mol. The minimum atomic E-state index is -0.0253. The van der Waals surface area contributed by atoms with Gasteiger partial charge in [0.1, 0.15) is 5.75 Å². The molecule has 0 aliphatic rings. The van der Waals surface area contributed by atoms with E-state index in [4.69, 9.17) is 5.11 Å². The first-order chi connectivity index (χ1) is 6.06. The van der Waals surface area contributed by atoms with Crippen LogP contribution < -0.4 is 5.32 Å². The third-order valence-corrected chi connectivity index (χ3v) is 2.21. The Morgan fingerprint density at radius 3 is 2.23 bits per heavy atom. The molecule has 13 heavy (non-hydrogen) atoms. The summed E-state index contributed by atoms with van der Waals surface area (Å²) in [5.41, 5.74) is 1.16. The van der Waals surface area contributed by atoms with Crippen molar-refractivity contribution in [3.63, 3.8) is 0 Å². The van der Waals surface area contributed by atoms with Crippen molar-refractivity contribution in [3.05, 3.63) is 29.8 Å². The molecule has 2 heteroatoms. The van der Waals surface area contributed by atoms with E-state index in [1.165, 1.54) is 5.56 Å². The fourth-order valence-electron chi connectivity index (χ4n) is 1.42. The second kappa shape index (κ2) is 3.79. The number of hydrogen-bond acceptors (Lipinski definition) is 2. The standard InChI is InChI=1S/C11H17NO/c1-4-12-11(2,3)9-5-7-10(13)8-6-9/h5-8,12-13H,4H2,1-3H3. The number of phenols is 1. The molecular weight excluding hydrogens is 162 g/mol. The van der Waals surface area contributed by atoms with Crippen LogP contribution in [0.15, 0.2) is 24.3 Å². The molecule has 72 valence electrons. The van der Waals surface area contributed by atoms with Crippen molar-refractivity contribution in [2.45, 2.75) is 26.3 Å². The van der Waals surface area contributed by atoms with Crippen molar-refractivity contribution in [3.8, 4) is 5.75 Å². The second-order valence-corrected chi connectivity index (χ2v) is 3.70. The molecule has 0 atom stereocenters. The lowest BCUT2D eigenvalue weighted by Gasteiger charge is -2.26. The average molecular weight is 179 g/mol. The summed E-state index contributed by atoms with van der Waals surface area (Å²) in [6.45, 7) is 7.28. The lowest BCUT2D eigenvalue weighted by molar-refractivity contribution is 0.414. The van der Waals surface area contributed by atoms with Gasteiger partial charge in [-0.1, -0.05) is 19.1 Å². The summed E-state index contributed by atoms with van der Waals surface area (Å²) < 4.78 is 0. The lowest BCUT2D eigenvalue weighted by Crippen LogP contribution is -2.36. The lowest BCUT2D eigenvalue weighted by atomic mass is 9.94. The summed E-state index contributed by atoms with van der Waals surface area (Å²) in [5.74, 6) is 0.316. The monoisotopic (exact) mass is 179 g/mol. The zero-order valence-electron chi connectivity index (χ0n) is 8.46. The Hall–Kier alpha value is -1.02. The van der Waals surface area contributed by atoms with E-state index in [-0.39, 0.29) is 5.54 Å². The van der Waals surface area contributed by atoms with Crippen LogP contribution in [-0.2, 0) is 5.54 Å². The van der Waals surface area contributed by atoms with Gasteiger partial charge in [0, 0.05) is 5.54 Å². The van der Waals surface area contributed by atoms with Crippen LogP contribution in [-0.4, -0.2) is 11.7 Å². The maximum atomic E-state index is 9.13. The maximum Gasteiger partial charge on any atom is 0.115 e. The van der Waals surface area contributed by atoms with E-state index in [1.807, 2.05) is 12.1 Å². The number of phenolic OH excluding ortho intramolecular Hbond substituents is 1. The van der Waals surface area contributed by atoms with Crippen molar-refractivity contribution in [2.75, 3.05) is 6.54 Å². The van der Waals surface area contributed by atoms with Crippen LogP contribution >= 0.6 is 0 Å². The van der Waals surface area contributed by atoms with Gasteiger partial charge in [-0.15, -0.1) is 0 Å². The van der Waals surface area contributed by atoms with E-state index in [2.05, 4.69) is 26.1 Å². The Morgan fingerprint density at radius 1 is 1.23 bits per heavy atom. The summed E-state index contributed by atoms with van der Waals surface area (Å²) in [7, 11) is 0. The SMILES string of the molecule is CCNC(C)(C)c1ccc(O)cc1. The first-order valence-electron chi connectivity index (χ1n) is 4.61. The van der Waals surface area contributed by atoms with Crippen molar-refractivity contribution in [1.29, 1.82) is 0 Å². The molecule has 0 fully saturated rings. The Bertz CT molecular complexity index is 264. The Balaban J connectivity index is 2.87. The summed E-state index contributed by atoms with van der Waals surface area (Å²) >= 11 is 0. The van der Waals surface area contributed by atoms with E-state index in [9.17, 15) is 0 Å². The molecule has 0 radical (unpaired) electrons. The molecule has 0 bridgehead atoms. The zero-order valence-corrected chi connectivity index (χ0v) is 8.46. The minimum absolute atomic E-state index is 0.0253. The van der Waals surface area contributed by atoms with E-state index >= 15 is 0 Å². The number of rotatable bonds is 3. The number of hydrogen-bond donors (Lipinski definition) is 2. The number of benzene rings is 1. The van der Waals surface area contributed by atoms with Crippen molar-refractivity contribution >= 4 is 0 Å². The highest BCUT2D eigenvalue weighted by molar-refractivity contribution is 5.30. The molecule has 0 amide bonds. The van der Waals surface area contributed by atoms with Gasteiger partial charge in [-0.25, -0.2) is 0 Å². The van der Waals surface area contributed by atoms with Gasteiger partial charge in [0.2, 0.25) is 0 Å². The first kappa shape index (κ1) is 10.1. The molecule has 1 aromatic rings. The average Bonchev–Trinajstić information content (AvgIpc) is 2.05. The molecule has 2 N–H and O–H groups in total. The van der Waals surface area contributed by atoms with E-state index in [1.54, 1.807) is 12.1 Å². The fraction of sp³-hybridized carbons (Fsp3) is 0.455. The molecular formula is C11H17NO. The fourth-order valence-corrected chi connectivity index (χ4v) is 1.42. The highest BCUT2D eigenvalue weighted by Crippen LogP contribution is 2.21. The highest BCUT2D eigenvalue weighted by atomic mass is 16.3. The molecule has 0 saturated heterocycles.